The molecular formula is C18H34N6. The highest BCUT2D eigenvalue weighted by Crippen LogP contribution is 2.13. The molecule has 0 saturated carbocycles. The molecular weight excluding hydrogens is 300 g/mol. The average molecular weight is 335 g/mol. The van der Waals surface area contributed by atoms with Gasteiger partial charge in [0, 0.05) is 38.0 Å². The Morgan fingerprint density at radius 3 is 1.54 bits per heavy atom. The second kappa shape index (κ2) is 8.58. The Labute approximate surface area is 146 Å². The summed E-state index contributed by atoms with van der Waals surface area (Å²) in [5, 5.41) is 15.9. The predicted molar refractivity (Wildman–Crippen MR) is 101 cm³/mol. The molecule has 136 valence electrons. The summed E-state index contributed by atoms with van der Waals surface area (Å²) in [5.74, 6) is 3.33. The summed E-state index contributed by atoms with van der Waals surface area (Å²) in [6.07, 6.45) is 1.67. The number of hydrogen-bond acceptors (Lipinski definition) is 6. The van der Waals surface area contributed by atoms with Crippen molar-refractivity contribution in [3.8, 4) is 0 Å². The quantitative estimate of drug-likeness (QED) is 0.733. The Bertz CT molecular complexity index is 454. The molecule has 0 aliphatic carbocycles. The van der Waals surface area contributed by atoms with Gasteiger partial charge in [0.25, 0.3) is 0 Å². The zero-order valence-electron chi connectivity index (χ0n) is 16.1. The van der Waals surface area contributed by atoms with E-state index in [1.165, 1.54) is 0 Å². The van der Waals surface area contributed by atoms with Gasteiger partial charge in [-0.2, -0.15) is 10.2 Å². The van der Waals surface area contributed by atoms with Crippen LogP contribution in [0.25, 0.3) is 0 Å². The molecule has 0 aromatic heterocycles. The minimum absolute atomic E-state index is 0.152. The van der Waals surface area contributed by atoms with Crippen LogP contribution in [0.5, 0.6) is 0 Å². The van der Waals surface area contributed by atoms with Gasteiger partial charge in [0.1, 0.15) is 0 Å². The van der Waals surface area contributed by atoms with Crippen LogP contribution in [0.3, 0.4) is 0 Å². The minimum Gasteiger partial charge on any atom is -0.371 e. The molecule has 0 bridgehead atoms. The molecule has 6 atom stereocenters. The number of rotatable bonds is 6. The number of nitrogens with one attached hydrogen (secondary N) is 2. The summed E-state index contributed by atoms with van der Waals surface area (Å²) in [7, 11) is 0. The van der Waals surface area contributed by atoms with Crippen LogP contribution in [0, 0.1) is 11.8 Å². The largest absolute Gasteiger partial charge is 0.371 e. The van der Waals surface area contributed by atoms with E-state index in [0.29, 0.717) is 23.9 Å². The van der Waals surface area contributed by atoms with Gasteiger partial charge >= 0.3 is 0 Å². The highest BCUT2D eigenvalue weighted by Gasteiger charge is 2.21. The number of nitrogens with zero attached hydrogens (tertiary/aromatic N) is 4. The highest BCUT2D eigenvalue weighted by molar-refractivity contribution is 5.84. The van der Waals surface area contributed by atoms with Gasteiger partial charge in [-0.1, -0.05) is 13.8 Å². The van der Waals surface area contributed by atoms with Crippen LogP contribution in [-0.2, 0) is 0 Å². The van der Waals surface area contributed by atoms with Crippen molar-refractivity contribution < 1.29 is 0 Å². The molecule has 24 heavy (non-hydrogen) atoms. The molecule has 2 heterocycles. The van der Waals surface area contributed by atoms with E-state index in [-0.39, 0.29) is 12.1 Å². The zero-order valence-corrected chi connectivity index (χ0v) is 16.1. The third-order valence-electron chi connectivity index (χ3n) is 5.07. The van der Waals surface area contributed by atoms with Crippen LogP contribution in [0.4, 0.5) is 0 Å². The van der Waals surface area contributed by atoms with Crippen LogP contribution < -0.4 is 10.6 Å². The molecule has 0 aromatic carbocycles. The van der Waals surface area contributed by atoms with Crippen LogP contribution >= 0.6 is 0 Å². The SMILES string of the molecule is CC(CC1=NCC(C)C(C)N1)N=NC(C)CC1=NCC(C)C(C)N1. The number of hydrogen-bond donors (Lipinski definition) is 2. The van der Waals surface area contributed by atoms with Crippen LogP contribution in [0.2, 0.25) is 0 Å². The van der Waals surface area contributed by atoms with E-state index in [1.54, 1.807) is 0 Å². The van der Waals surface area contributed by atoms with Gasteiger partial charge in [0.15, 0.2) is 0 Å². The maximum Gasteiger partial charge on any atom is 0.0987 e. The summed E-state index contributed by atoms with van der Waals surface area (Å²) < 4.78 is 0. The van der Waals surface area contributed by atoms with Crippen molar-refractivity contribution in [1.29, 1.82) is 0 Å². The van der Waals surface area contributed by atoms with E-state index in [0.717, 1.165) is 37.6 Å². The first-order valence-electron chi connectivity index (χ1n) is 9.34. The van der Waals surface area contributed by atoms with Crippen molar-refractivity contribution >= 4 is 11.7 Å². The van der Waals surface area contributed by atoms with Crippen molar-refractivity contribution in [3.05, 3.63) is 0 Å². The van der Waals surface area contributed by atoms with Crippen LogP contribution in [0.15, 0.2) is 20.2 Å². The summed E-state index contributed by atoms with van der Waals surface area (Å²) in [4.78, 5) is 9.22. The van der Waals surface area contributed by atoms with Crippen molar-refractivity contribution in [2.75, 3.05) is 13.1 Å². The van der Waals surface area contributed by atoms with E-state index < -0.39 is 0 Å². The van der Waals surface area contributed by atoms with E-state index in [2.05, 4.69) is 72.4 Å². The fourth-order valence-electron chi connectivity index (χ4n) is 2.84. The third kappa shape index (κ3) is 5.56. The lowest BCUT2D eigenvalue weighted by molar-refractivity contribution is 0.431. The molecule has 6 nitrogen and oxygen atoms in total. The molecule has 2 N–H and O–H groups in total. The highest BCUT2D eigenvalue weighted by atomic mass is 15.2. The molecule has 0 fully saturated rings. The van der Waals surface area contributed by atoms with E-state index in [4.69, 9.17) is 0 Å². The third-order valence-corrected chi connectivity index (χ3v) is 5.07. The first-order valence-corrected chi connectivity index (χ1v) is 9.34. The van der Waals surface area contributed by atoms with Gasteiger partial charge in [-0.3, -0.25) is 9.98 Å². The Morgan fingerprint density at radius 2 is 1.21 bits per heavy atom. The lowest BCUT2D eigenvalue weighted by Gasteiger charge is -2.28. The first-order chi connectivity index (χ1) is 11.3. The van der Waals surface area contributed by atoms with E-state index in [1.807, 2.05) is 0 Å². The molecule has 6 heteroatoms. The van der Waals surface area contributed by atoms with E-state index in [9.17, 15) is 0 Å². The van der Waals surface area contributed by atoms with Crippen LogP contribution in [0.1, 0.15) is 54.4 Å². The molecule has 0 amide bonds. The Kier molecular flexibility index (Phi) is 6.75. The monoisotopic (exact) mass is 334 g/mol. The van der Waals surface area contributed by atoms with Gasteiger partial charge in [-0.25, -0.2) is 0 Å². The second-order valence-corrected chi connectivity index (χ2v) is 7.73. The number of amidine groups is 2. The Hall–Kier alpha value is -1.46. The van der Waals surface area contributed by atoms with Crippen molar-refractivity contribution in [2.24, 2.45) is 32.0 Å². The topological polar surface area (TPSA) is 73.5 Å². The molecule has 0 radical (unpaired) electrons. The maximum absolute atomic E-state index is 4.61. The fraction of sp³-hybridized carbons (Fsp3) is 0.889. The molecule has 2 rings (SSSR count). The van der Waals surface area contributed by atoms with Crippen LogP contribution in [-0.4, -0.2) is 48.9 Å². The summed E-state index contributed by atoms with van der Waals surface area (Å²) in [6, 6.07) is 1.28. The van der Waals surface area contributed by atoms with Gasteiger partial charge in [-0.05, 0) is 39.5 Å². The van der Waals surface area contributed by atoms with E-state index >= 15 is 0 Å². The lowest BCUT2D eigenvalue weighted by atomic mass is 10.0. The molecule has 6 unspecified atom stereocenters. The lowest BCUT2D eigenvalue weighted by Crippen LogP contribution is -2.43. The molecule has 0 aromatic rings. The van der Waals surface area contributed by atoms with Crippen molar-refractivity contribution in [1.82, 2.24) is 10.6 Å². The van der Waals surface area contributed by atoms with Crippen molar-refractivity contribution in [3.63, 3.8) is 0 Å². The van der Waals surface area contributed by atoms with Gasteiger partial charge in [0.05, 0.1) is 23.8 Å². The number of azo groups is 1. The van der Waals surface area contributed by atoms with Gasteiger partial charge in [0.2, 0.25) is 0 Å². The molecule has 0 saturated heterocycles. The average Bonchev–Trinajstić information content (AvgIpc) is 2.53. The molecule has 0 spiro atoms. The van der Waals surface area contributed by atoms with Gasteiger partial charge in [-0.15, -0.1) is 0 Å². The number of aliphatic imine (C=N–C) groups is 2. The molecule has 2 aliphatic heterocycles. The first kappa shape index (κ1) is 18.9. The maximum atomic E-state index is 4.61. The standard InChI is InChI=1S/C18H34N6/c1-11-9-19-17(21-15(11)5)7-13(3)23-24-14(4)8-18-20-10-12(2)16(6)22-18/h11-16H,7-10H2,1-6H3,(H,19,21)(H,20,22). The van der Waals surface area contributed by atoms with Crippen molar-refractivity contribution in [2.45, 2.75) is 78.6 Å². The summed E-state index contributed by atoms with van der Waals surface area (Å²) >= 11 is 0. The fourth-order valence-corrected chi connectivity index (χ4v) is 2.84. The summed E-state index contributed by atoms with van der Waals surface area (Å²) in [6.45, 7) is 14.9. The Morgan fingerprint density at radius 1 is 0.833 bits per heavy atom. The Balaban J connectivity index is 1.78. The summed E-state index contributed by atoms with van der Waals surface area (Å²) in [5.41, 5.74) is 0. The van der Waals surface area contributed by atoms with Gasteiger partial charge < -0.3 is 10.6 Å². The molecule has 2 aliphatic rings. The minimum atomic E-state index is 0.152. The zero-order chi connectivity index (χ0) is 17.7. The predicted octanol–water partition coefficient (Wildman–Crippen LogP) is 3.05. The normalized spacial score (nSPS) is 33.2. The smallest absolute Gasteiger partial charge is 0.0987 e. The second-order valence-electron chi connectivity index (χ2n) is 7.73.